The molecule has 1 N–H and O–H groups in total. The van der Waals surface area contributed by atoms with Crippen molar-refractivity contribution in [3.8, 4) is 11.5 Å². The Labute approximate surface area is 213 Å². The number of ether oxygens (including phenoxy) is 3. The van der Waals surface area contributed by atoms with Crippen LogP contribution in [-0.2, 0) is 19.1 Å². The highest BCUT2D eigenvalue weighted by atomic mass is 16.6. The average molecular weight is 491 g/mol. The summed E-state index contributed by atoms with van der Waals surface area (Å²) in [6.45, 7) is 7.12. The lowest BCUT2D eigenvalue weighted by molar-refractivity contribution is -0.149. The van der Waals surface area contributed by atoms with Crippen LogP contribution in [0.5, 0.6) is 11.5 Å². The van der Waals surface area contributed by atoms with Gasteiger partial charge < -0.3 is 19.3 Å². The molecule has 1 aliphatic rings. The maximum Gasteiger partial charge on any atom is 0.344 e. The van der Waals surface area contributed by atoms with Crippen LogP contribution < -0.4 is 4.74 Å². The quantitative estimate of drug-likeness (QED) is 0.193. The Hall–Kier alpha value is -4.06. The number of rotatable bonds is 9. The van der Waals surface area contributed by atoms with E-state index in [1.807, 2.05) is 66.8 Å². The molecule has 0 aliphatic heterocycles. The Bertz CT molecular complexity index is 1080. The number of esters is 2. The third kappa shape index (κ3) is 11.4. The molecule has 0 aromatic heterocycles. The average Bonchev–Trinajstić information content (AvgIpc) is 2.87. The third-order valence-corrected chi connectivity index (χ3v) is 4.91. The maximum atomic E-state index is 11.8. The molecule has 0 radical (unpaired) electrons. The first-order valence-corrected chi connectivity index (χ1v) is 11.9. The first-order chi connectivity index (χ1) is 17.4. The van der Waals surface area contributed by atoms with E-state index >= 15 is 0 Å². The molecule has 1 aliphatic carbocycles. The van der Waals surface area contributed by atoms with Crippen molar-refractivity contribution in [1.29, 1.82) is 0 Å². The molecule has 0 fully saturated rings. The number of carbonyl (C=O) groups excluding carboxylic acids is 2. The number of aromatic hydroxyl groups is 1. The number of phenols is 1. The highest BCUT2D eigenvalue weighted by Crippen LogP contribution is 2.16. The monoisotopic (exact) mass is 490 g/mol. The number of phenolic OH excluding ortho intramolecular Hbond substituents is 1. The van der Waals surface area contributed by atoms with Crippen LogP contribution >= 0.6 is 0 Å². The molecule has 0 saturated carbocycles. The van der Waals surface area contributed by atoms with Crippen LogP contribution in [-0.4, -0.2) is 36.4 Å². The Morgan fingerprint density at radius 3 is 2.39 bits per heavy atom. The molecular weight excluding hydrogens is 456 g/mol. The summed E-state index contributed by atoms with van der Waals surface area (Å²) < 4.78 is 15.4. The lowest BCUT2D eigenvalue weighted by atomic mass is 10.1. The highest BCUT2D eigenvalue weighted by molar-refractivity contribution is 5.86. The van der Waals surface area contributed by atoms with Crippen LogP contribution in [0, 0.1) is 0 Å². The molecule has 1 atom stereocenters. The molecule has 3 rings (SSSR count). The minimum absolute atomic E-state index is 0.0911. The summed E-state index contributed by atoms with van der Waals surface area (Å²) in [4.78, 5) is 22.3. The van der Waals surface area contributed by atoms with Gasteiger partial charge in [-0.2, -0.15) is 0 Å². The summed E-state index contributed by atoms with van der Waals surface area (Å²) in [5.74, 6) is 0.217. The van der Waals surface area contributed by atoms with Crippen LogP contribution in [0.3, 0.4) is 0 Å². The van der Waals surface area contributed by atoms with Gasteiger partial charge in [0.1, 0.15) is 17.6 Å². The number of hydrogen-bond acceptors (Lipinski definition) is 6. The van der Waals surface area contributed by atoms with Crippen LogP contribution in [0.2, 0.25) is 0 Å². The van der Waals surface area contributed by atoms with Crippen LogP contribution in [0.1, 0.15) is 44.2 Å². The van der Waals surface area contributed by atoms with Crippen LogP contribution in [0.4, 0.5) is 0 Å². The highest BCUT2D eigenvalue weighted by Gasteiger charge is 2.14. The fourth-order valence-electron chi connectivity index (χ4n) is 3.12. The van der Waals surface area contributed by atoms with Gasteiger partial charge in [-0.05, 0) is 74.6 Å². The third-order valence-electron chi connectivity index (χ3n) is 4.91. The number of allylic oxidation sites excluding steroid dienone is 3. The molecule has 0 amide bonds. The number of carbonyl (C=O) groups is 2. The summed E-state index contributed by atoms with van der Waals surface area (Å²) in [6, 6.07) is 14.6. The van der Waals surface area contributed by atoms with E-state index in [4.69, 9.17) is 9.47 Å². The molecule has 6 nitrogen and oxygen atoms in total. The molecule has 1 unspecified atom stereocenters. The van der Waals surface area contributed by atoms with E-state index in [2.05, 4.69) is 11.3 Å². The predicted octanol–water partition coefficient (Wildman–Crippen LogP) is 6.28. The Morgan fingerprint density at radius 1 is 1.08 bits per heavy atom. The van der Waals surface area contributed by atoms with Gasteiger partial charge in [-0.1, -0.05) is 61.2 Å². The molecule has 0 heterocycles. The molecule has 36 heavy (non-hydrogen) atoms. The summed E-state index contributed by atoms with van der Waals surface area (Å²) in [5, 5.41) is 9.44. The smallest absolute Gasteiger partial charge is 0.344 e. The SMILES string of the molecule is C=C(C)C(=O)OCC.O=C(COc1ccc(C=CC=Cc2cccc(O)c2)cc1)OC1C=CCCC1. The number of hydrogen-bond donors (Lipinski definition) is 1. The Kier molecular flexibility index (Phi) is 12.3. The fourth-order valence-corrected chi connectivity index (χ4v) is 3.12. The van der Waals surface area contributed by atoms with Crippen molar-refractivity contribution < 1.29 is 28.9 Å². The maximum absolute atomic E-state index is 11.8. The zero-order valence-corrected chi connectivity index (χ0v) is 20.9. The van der Waals surface area contributed by atoms with E-state index in [-0.39, 0.29) is 30.4 Å². The van der Waals surface area contributed by atoms with E-state index in [0.717, 1.165) is 30.4 Å². The number of benzene rings is 2. The van der Waals surface area contributed by atoms with Gasteiger partial charge >= 0.3 is 11.9 Å². The minimum Gasteiger partial charge on any atom is -0.508 e. The van der Waals surface area contributed by atoms with Gasteiger partial charge in [0.05, 0.1) is 6.61 Å². The topological polar surface area (TPSA) is 82.1 Å². The molecule has 190 valence electrons. The molecule has 0 spiro atoms. The lowest BCUT2D eigenvalue weighted by Gasteiger charge is -2.17. The normalized spacial score (nSPS) is 14.7. The van der Waals surface area contributed by atoms with E-state index in [9.17, 15) is 14.7 Å². The Morgan fingerprint density at radius 2 is 1.81 bits per heavy atom. The molecule has 2 aromatic rings. The summed E-state index contributed by atoms with van der Waals surface area (Å²) >= 11 is 0. The molecule has 6 heteroatoms. The zero-order valence-electron chi connectivity index (χ0n) is 20.9. The van der Waals surface area contributed by atoms with E-state index in [1.165, 1.54) is 0 Å². The molecular formula is C30H34O6. The Balaban J connectivity index is 0.000000493. The van der Waals surface area contributed by atoms with Crippen LogP contribution in [0.15, 0.2) is 85.0 Å². The van der Waals surface area contributed by atoms with E-state index in [1.54, 1.807) is 32.0 Å². The first-order valence-electron chi connectivity index (χ1n) is 11.9. The van der Waals surface area contributed by atoms with E-state index in [0.29, 0.717) is 17.9 Å². The second-order valence-corrected chi connectivity index (χ2v) is 8.06. The summed E-state index contributed by atoms with van der Waals surface area (Å²) in [5.41, 5.74) is 2.40. The second-order valence-electron chi connectivity index (χ2n) is 8.06. The van der Waals surface area contributed by atoms with Crippen molar-refractivity contribution in [2.75, 3.05) is 13.2 Å². The van der Waals surface area contributed by atoms with Gasteiger partial charge in [0, 0.05) is 5.57 Å². The first kappa shape index (κ1) is 28.2. The molecule has 0 bridgehead atoms. The fraction of sp³-hybridized carbons (Fsp3) is 0.267. The van der Waals surface area contributed by atoms with Gasteiger partial charge in [-0.25, -0.2) is 9.59 Å². The van der Waals surface area contributed by atoms with Gasteiger partial charge in [0.15, 0.2) is 6.61 Å². The largest absolute Gasteiger partial charge is 0.508 e. The van der Waals surface area contributed by atoms with Crippen LogP contribution in [0.25, 0.3) is 12.2 Å². The van der Waals surface area contributed by atoms with Gasteiger partial charge in [0.25, 0.3) is 0 Å². The van der Waals surface area contributed by atoms with Gasteiger partial charge in [0.2, 0.25) is 0 Å². The molecule has 2 aromatic carbocycles. The van der Waals surface area contributed by atoms with Crippen molar-refractivity contribution in [1.82, 2.24) is 0 Å². The van der Waals surface area contributed by atoms with Crippen molar-refractivity contribution in [3.63, 3.8) is 0 Å². The predicted molar refractivity (Wildman–Crippen MR) is 142 cm³/mol. The second kappa shape index (κ2) is 15.8. The van der Waals surface area contributed by atoms with E-state index < -0.39 is 0 Å². The van der Waals surface area contributed by atoms with Crippen molar-refractivity contribution in [2.45, 2.75) is 39.2 Å². The standard InChI is InChI=1S/C24H24O4.C6H10O2/c25-21-10-6-9-20(17-21)8-5-4-7-19-13-15-22(16-14-19)27-18-24(26)28-23-11-2-1-3-12-23;1-4-8-6(7)5(2)3/h2,4-11,13-17,23,25H,1,3,12,18H2;2,4H2,1,3H3. The minimum atomic E-state index is -0.349. The molecule has 0 saturated heterocycles. The zero-order chi connectivity index (χ0) is 26.2. The van der Waals surface area contributed by atoms with Crippen molar-refractivity contribution in [2.24, 2.45) is 0 Å². The lowest BCUT2D eigenvalue weighted by Crippen LogP contribution is -2.22. The van der Waals surface area contributed by atoms with Gasteiger partial charge in [-0.15, -0.1) is 0 Å². The van der Waals surface area contributed by atoms with Crippen molar-refractivity contribution in [3.05, 3.63) is 96.1 Å². The van der Waals surface area contributed by atoms with Crippen molar-refractivity contribution >= 4 is 24.1 Å². The summed E-state index contributed by atoms with van der Waals surface area (Å²) in [6.07, 6.45) is 14.6. The summed E-state index contributed by atoms with van der Waals surface area (Å²) in [7, 11) is 0. The van der Waals surface area contributed by atoms with Gasteiger partial charge in [-0.3, -0.25) is 0 Å².